The topological polar surface area (TPSA) is 15.7 Å². The van der Waals surface area contributed by atoms with Crippen LogP contribution in [0.2, 0.25) is 0 Å². The molecule has 2 heterocycles. The van der Waals surface area contributed by atoms with E-state index in [0.717, 1.165) is 51.4 Å². The van der Waals surface area contributed by atoms with E-state index < -0.39 is 0 Å². The third kappa shape index (κ3) is 3.36. The van der Waals surface area contributed by atoms with E-state index in [2.05, 4.69) is 21.9 Å². The minimum atomic E-state index is 0.877. The van der Waals surface area contributed by atoms with Crippen molar-refractivity contribution < 1.29 is 4.74 Å². The Labute approximate surface area is 123 Å². The lowest BCUT2D eigenvalue weighted by Crippen LogP contribution is -2.41. The summed E-state index contributed by atoms with van der Waals surface area (Å²) in [5, 5.41) is 0. The molecule has 1 saturated heterocycles. The molecule has 0 N–H and O–H groups in total. The van der Waals surface area contributed by atoms with Crippen LogP contribution in [0.3, 0.4) is 0 Å². The van der Waals surface area contributed by atoms with Crippen LogP contribution in [0.1, 0.15) is 18.4 Å². The molecule has 3 rings (SSSR count). The maximum atomic E-state index is 5.98. The Morgan fingerprint density at radius 1 is 1.05 bits per heavy atom. The molecule has 0 aromatic heterocycles. The summed E-state index contributed by atoms with van der Waals surface area (Å²) in [6, 6.07) is 6.39. The predicted octanol–water partition coefficient (Wildman–Crippen LogP) is 0.955. The normalized spacial score (nSPS) is 20.5. The fraction of sp³-hybridized carbons (Fsp3) is 0.625. The number of ether oxygens (including phenoxy) is 1. The van der Waals surface area contributed by atoms with Crippen molar-refractivity contribution in [1.82, 2.24) is 4.90 Å². The zero-order chi connectivity index (χ0) is 13.8. The van der Waals surface area contributed by atoms with Gasteiger partial charge < -0.3 is 9.64 Å². The lowest BCUT2D eigenvalue weighted by atomic mass is 9.93. The van der Waals surface area contributed by atoms with Gasteiger partial charge in [-0.25, -0.2) is 0 Å². The summed E-state index contributed by atoms with van der Waals surface area (Å²) >= 11 is 0. The van der Waals surface area contributed by atoms with Crippen LogP contribution in [-0.4, -0.2) is 58.7 Å². The molecule has 0 saturated carbocycles. The molecule has 0 atom stereocenters. The molecule has 1 aromatic rings. The number of rotatable bonds is 3. The summed E-state index contributed by atoms with van der Waals surface area (Å²) in [5.74, 6) is 0. The van der Waals surface area contributed by atoms with Gasteiger partial charge in [-0.05, 0) is 30.9 Å². The lowest BCUT2D eigenvalue weighted by molar-refractivity contribution is 0.0392. The number of morpholine rings is 1. The van der Waals surface area contributed by atoms with Gasteiger partial charge in [-0.3, -0.25) is 4.90 Å². The Morgan fingerprint density at radius 3 is 2.75 bits per heavy atom. The molecule has 2 aliphatic rings. The van der Waals surface area contributed by atoms with E-state index in [1.807, 2.05) is 6.07 Å². The molecule has 3 nitrogen and oxygen atoms in total. The summed E-state index contributed by atoms with van der Waals surface area (Å²) in [6.45, 7) is 7.26. The molecule has 1 fully saturated rings. The molecule has 0 spiro atoms. The Bertz CT molecular complexity index is 446. The van der Waals surface area contributed by atoms with Crippen LogP contribution in [0, 0.1) is 0 Å². The molecular formula is C16H23BN2O. The number of anilines is 1. The molecule has 2 aliphatic heterocycles. The number of hydrogen-bond donors (Lipinski definition) is 0. The molecule has 1 aromatic carbocycles. The Hall–Kier alpha value is -0.995. The van der Waals surface area contributed by atoms with E-state index in [9.17, 15) is 0 Å². The van der Waals surface area contributed by atoms with Gasteiger partial charge in [0.05, 0.1) is 13.2 Å². The molecule has 0 unspecified atom stereocenters. The zero-order valence-corrected chi connectivity index (χ0v) is 12.2. The highest BCUT2D eigenvalue weighted by Crippen LogP contribution is 2.25. The van der Waals surface area contributed by atoms with E-state index in [0.29, 0.717) is 0 Å². The standard InChI is InChI=1S/C16H23BN2O/c17-15-5-4-14-3-1-2-6-19(16(14)13-15)8-7-18-9-11-20-12-10-18/h4-5,13H,1-3,6-12H2. The first kappa shape index (κ1) is 14.0. The monoisotopic (exact) mass is 270 g/mol. The molecule has 2 radical (unpaired) electrons. The maximum Gasteiger partial charge on any atom is 0.113 e. The zero-order valence-electron chi connectivity index (χ0n) is 12.2. The second-order valence-electron chi connectivity index (χ2n) is 5.79. The minimum Gasteiger partial charge on any atom is -0.379 e. The van der Waals surface area contributed by atoms with Crippen LogP contribution in [0.25, 0.3) is 0 Å². The molecule has 20 heavy (non-hydrogen) atoms. The average molecular weight is 270 g/mol. The van der Waals surface area contributed by atoms with Crippen LogP contribution < -0.4 is 10.4 Å². The second kappa shape index (κ2) is 6.64. The number of benzene rings is 1. The van der Waals surface area contributed by atoms with E-state index in [1.54, 1.807) is 0 Å². The summed E-state index contributed by atoms with van der Waals surface area (Å²) in [4.78, 5) is 5.02. The van der Waals surface area contributed by atoms with Crippen molar-refractivity contribution in [2.24, 2.45) is 0 Å². The van der Waals surface area contributed by atoms with Gasteiger partial charge in [-0.15, -0.1) is 0 Å². The summed E-state index contributed by atoms with van der Waals surface area (Å²) < 4.78 is 5.41. The average Bonchev–Trinajstić information content (AvgIpc) is 2.68. The fourth-order valence-corrected chi connectivity index (χ4v) is 3.14. The first-order valence-corrected chi connectivity index (χ1v) is 7.76. The van der Waals surface area contributed by atoms with Crippen molar-refractivity contribution in [2.45, 2.75) is 19.3 Å². The van der Waals surface area contributed by atoms with Crippen LogP contribution in [0.4, 0.5) is 5.69 Å². The lowest BCUT2D eigenvalue weighted by Gasteiger charge is -2.31. The Morgan fingerprint density at radius 2 is 1.90 bits per heavy atom. The molecule has 0 bridgehead atoms. The van der Waals surface area contributed by atoms with Gasteiger partial charge in [0.25, 0.3) is 0 Å². The number of fused-ring (bicyclic) bond motifs is 1. The van der Waals surface area contributed by atoms with Crippen LogP contribution >= 0.6 is 0 Å². The quantitative estimate of drug-likeness (QED) is 0.761. The van der Waals surface area contributed by atoms with E-state index in [-0.39, 0.29) is 0 Å². The SMILES string of the molecule is [B]c1ccc2c(c1)N(CCN1CCOCC1)CCCC2. The minimum absolute atomic E-state index is 0.877. The number of hydrogen-bond acceptors (Lipinski definition) is 3. The molecule has 0 aliphatic carbocycles. The van der Waals surface area contributed by atoms with Crippen molar-refractivity contribution in [2.75, 3.05) is 50.8 Å². The maximum absolute atomic E-state index is 5.98. The molecule has 106 valence electrons. The fourth-order valence-electron chi connectivity index (χ4n) is 3.14. The van der Waals surface area contributed by atoms with Gasteiger partial charge >= 0.3 is 0 Å². The summed E-state index contributed by atoms with van der Waals surface area (Å²) in [6.07, 6.45) is 3.74. The highest BCUT2D eigenvalue weighted by molar-refractivity contribution is 6.32. The van der Waals surface area contributed by atoms with E-state index in [4.69, 9.17) is 12.6 Å². The Kier molecular flexibility index (Phi) is 4.63. The molecule has 0 amide bonds. The number of nitrogens with zero attached hydrogens (tertiary/aromatic N) is 2. The highest BCUT2D eigenvalue weighted by atomic mass is 16.5. The van der Waals surface area contributed by atoms with E-state index >= 15 is 0 Å². The van der Waals surface area contributed by atoms with Crippen LogP contribution in [0.5, 0.6) is 0 Å². The molecular weight excluding hydrogens is 247 g/mol. The third-order valence-electron chi connectivity index (χ3n) is 4.36. The largest absolute Gasteiger partial charge is 0.379 e. The van der Waals surface area contributed by atoms with Gasteiger partial charge in [0, 0.05) is 38.4 Å². The third-order valence-corrected chi connectivity index (χ3v) is 4.36. The van der Waals surface area contributed by atoms with Crippen molar-refractivity contribution >= 4 is 19.0 Å². The van der Waals surface area contributed by atoms with Crippen molar-refractivity contribution in [3.8, 4) is 0 Å². The van der Waals surface area contributed by atoms with Gasteiger partial charge in [0.1, 0.15) is 7.85 Å². The Balaban J connectivity index is 1.67. The van der Waals surface area contributed by atoms with Crippen molar-refractivity contribution in [1.29, 1.82) is 0 Å². The van der Waals surface area contributed by atoms with E-state index in [1.165, 1.54) is 30.5 Å². The van der Waals surface area contributed by atoms with Crippen LogP contribution in [-0.2, 0) is 11.2 Å². The number of aryl methyl sites for hydroxylation is 1. The first-order valence-electron chi connectivity index (χ1n) is 7.76. The van der Waals surface area contributed by atoms with Gasteiger partial charge in [-0.2, -0.15) is 0 Å². The smallest absolute Gasteiger partial charge is 0.113 e. The summed E-state index contributed by atoms with van der Waals surface area (Å²) in [5.41, 5.74) is 3.69. The van der Waals surface area contributed by atoms with Gasteiger partial charge in [-0.1, -0.05) is 17.6 Å². The molecule has 4 heteroatoms. The second-order valence-corrected chi connectivity index (χ2v) is 5.79. The van der Waals surface area contributed by atoms with Gasteiger partial charge in [0.2, 0.25) is 0 Å². The van der Waals surface area contributed by atoms with Crippen molar-refractivity contribution in [3.63, 3.8) is 0 Å². The summed E-state index contributed by atoms with van der Waals surface area (Å²) in [7, 11) is 5.98. The van der Waals surface area contributed by atoms with Crippen molar-refractivity contribution in [3.05, 3.63) is 23.8 Å². The highest BCUT2D eigenvalue weighted by Gasteiger charge is 2.17. The van der Waals surface area contributed by atoms with Crippen LogP contribution in [0.15, 0.2) is 18.2 Å². The predicted molar refractivity (Wildman–Crippen MR) is 84.2 cm³/mol. The first-order chi connectivity index (χ1) is 9.83. The van der Waals surface area contributed by atoms with Gasteiger partial charge in [0.15, 0.2) is 0 Å².